The summed E-state index contributed by atoms with van der Waals surface area (Å²) in [5.74, 6) is 0.671. The smallest absolute Gasteiger partial charge is 0.160 e. The van der Waals surface area contributed by atoms with Crippen LogP contribution >= 0.6 is 0 Å². The lowest BCUT2D eigenvalue weighted by Gasteiger charge is -2.17. The average molecular weight is 738 g/mol. The summed E-state index contributed by atoms with van der Waals surface area (Å²) in [7, 11) is 0. The van der Waals surface area contributed by atoms with Crippen LogP contribution in [-0.4, -0.2) is 15.0 Å². The number of hydrogen-bond donors (Lipinski definition) is 0. The second kappa shape index (κ2) is 14.1. The van der Waals surface area contributed by atoms with Crippen molar-refractivity contribution in [2.45, 2.75) is 0 Å². The highest BCUT2D eigenvalue weighted by atomic mass is 14.9. The first kappa shape index (κ1) is 33.6. The van der Waals surface area contributed by atoms with Crippen LogP contribution in [0.4, 0.5) is 0 Å². The normalized spacial score (nSPS) is 11.4. The van der Waals surface area contributed by atoms with E-state index in [0.29, 0.717) is 5.82 Å². The van der Waals surface area contributed by atoms with Crippen molar-refractivity contribution >= 4 is 43.1 Å². The van der Waals surface area contributed by atoms with Gasteiger partial charge < -0.3 is 0 Å². The van der Waals surface area contributed by atoms with E-state index in [0.717, 1.165) is 44.9 Å². The maximum absolute atomic E-state index is 5.29. The minimum absolute atomic E-state index is 0.671. The molecule has 270 valence electrons. The predicted molar refractivity (Wildman–Crippen MR) is 242 cm³/mol. The highest BCUT2D eigenvalue weighted by molar-refractivity contribution is 6.24. The number of pyridine rings is 1. The number of benzene rings is 9. The van der Waals surface area contributed by atoms with E-state index in [2.05, 4.69) is 182 Å². The van der Waals surface area contributed by atoms with Gasteiger partial charge in [-0.2, -0.15) is 0 Å². The molecular weight excluding hydrogens is 703 g/mol. The van der Waals surface area contributed by atoms with Gasteiger partial charge in [0.15, 0.2) is 5.82 Å². The van der Waals surface area contributed by atoms with Crippen LogP contribution in [0.1, 0.15) is 0 Å². The fourth-order valence-corrected chi connectivity index (χ4v) is 8.62. The Hall–Kier alpha value is -7.75. The van der Waals surface area contributed by atoms with Gasteiger partial charge in [0.1, 0.15) is 0 Å². The minimum Gasteiger partial charge on any atom is -0.256 e. The van der Waals surface area contributed by atoms with Gasteiger partial charge in [-0.15, -0.1) is 0 Å². The molecule has 3 nitrogen and oxygen atoms in total. The van der Waals surface area contributed by atoms with Gasteiger partial charge in [-0.3, -0.25) is 4.98 Å². The molecule has 0 N–H and O–H groups in total. The van der Waals surface area contributed by atoms with E-state index in [1.165, 1.54) is 59.8 Å². The third-order valence-corrected chi connectivity index (χ3v) is 11.3. The van der Waals surface area contributed by atoms with Crippen LogP contribution in [-0.2, 0) is 0 Å². The molecule has 0 amide bonds. The number of nitrogens with zero attached hydrogens (tertiary/aromatic N) is 3. The fourth-order valence-electron chi connectivity index (χ4n) is 8.62. The molecule has 2 aromatic heterocycles. The van der Waals surface area contributed by atoms with Crippen molar-refractivity contribution in [2.75, 3.05) is 0 Å². The first-order chi connectivity index (χ1) is 28.8. The molecule has 11 rings (SSSR count). The summed E-state index contributed by atoms with van der Waals surface area (Å²) in [6.07, 6.45) is 1.84. The molecule has 0 atom stereocenters. The van der Waals surface area contributed by atoms with Crippen LogP contribution in [0, 0.1) is 0 Å². The molecule has 11 aromatic rings. The van der Waals surface area contributed by atoms with Crippen LogP contribution in [0.5, 0.6) is 0 Å². The average Bonchev–Trinajstić information content (AvgIpc) is 3.31. The zero-order chi connectivity index (χ0) is 38.4. The first-order valence-corrected chi connectivity index (χ1v) is 19.7. The lowest BCUT2D eigenvalue weighted by molar-refractivity contribution is 1.18. The Morgan fingerprint density at radius 3 is 1.55 bits per heavy atom. The summed E-state index contributed by atoms with van der Waals surface area (Å²) in [6.45, 7) is 0. The van der Waals surface area contributed by atoms with Crippen LogP contribution in [0.15, 0.2) is 212 Å². The van der Waals surface area contributed by atoms with Crippen molar-refractivity contribution in [3.63, 3.8) is 0 Å². The molecule has 0 unspecified atom stereocenters. The minimum atomic E-state index is 0.671. The maximum atomic E-state index is 5.29. The van der Waals surface area contributed by atoms with Crippen molar-refractivity contribution < 1.29 is 0 Å². The second-order valence-corrected chi connectivity index (χ2v) is 14.7. The van der Waals surface area contributed by atoms with Gasteiger partial charge in [0, 0.05) is 28.5 Å². The van der Waals surface area contributed by atoms with Crippen molar-refractivity contribution in [1.82, 2.24) is 15.0 Å². The third kappa shape index (κ3) is 5.80. The molecule has 58 heavy (non-hydrogen) atoms. The number of hydrogen-bond acceptors (Lipinski definition) is 3. The Morgan fingerprint density at radius 2 is 0.793 bits per heavy atom. The number of aromatic nitrogens is 3. The Kier molecular flexibility index (Phi) is 8.15. The molecule has 0 radical (unpaired) electrons. The van der Waals surface area contributed by atoms with E-state index in [4.69, 9.17) is 15.0 Å². The number of fused-ring (bicyclic) bond motifs is 6. The summed E-state index contributed by atoms with van der Waals surface area (Å²) in [6, 6.07) is 73.3. The van der Waals surface area contributed by atoms with Crippen LogP contribution in [0.25, 0.3) is 111 Å². The summed E-state index contributed by atoms with van der Waals surface area (Å²) in [5, 5.41) is 9.88. The van der Waals surface area contributed by atoms with Crippen molar-refractivity contribution in [2.24, 2.45) is 0 Å². The van der Waals surface area contributed by atoms with Gasteiger partial charge in [0.2, 0.25) is 0 Å². The van der Waals surface area contributed by atoms with Crippen LogP contribution in [0.2, 0.25) is 0 Å². The standard InChI is InChI=1S/C55H35N3/c1-2-17-37(18-3-1)53-35-54(47-28-11-10-27-46(47)52-30-12-13-31-56-52)58-55(57-53)39-21-14-20-38(32-39)48-33-50-45-26-9-8-25-44(45)49(34-51(50)43-24-7-6-23-42(43)48)41-29-15-19-36-16-4-5-22-40(36)41/h1-35H. The number of rotatable bonds is 6. The van der Waals surface area contributed by atoms with E-state index >= 15 is 0 Å². The lowest BCUT2D eigenvalue weighted by atomic mass is 9.86. The topological polar surface area (TPSA) is 38.7 Å². The highest BCUT2D eigenvalue weighted by Gasteiger charge is 2.18. The molecule has 0 aliphatic carbocycles. The van der Waals surface area contributed by atoms with E-state index < -0.39 is 0 Å². The van der Waals surface area contributed by atoms with E-state index in [9.17, 15) is 0 Å². The van der Waals surface area contributed by atoms with E-state index in [1.54, 1.807) is 0 Å². The maximum Gasteiger partial charge on any atom is 0.160 e. The zero-order valence-corrected chi connectivity index (χ0v) is 31.5. The fraction of sp³-hybridized carbons (Fsp3) is 0. The van der Waals surface area contributed by atoms with Gasteiger partial charge in [-0.05, 0) is 102 Å². The van der Waals surface area contributed by atoms with Gasteiger partial charge in [0.25, 0.3) is 0 Å². The van der Waals surface area contributed by atoms with Crippen molar-refractivity contribution in [3.05, 3.63) is 212 Å². The van der Waals surface area contributed by atoms with Gasteiger partial charge in [0.05, 0.1) is 17.1 Å². The molecule has 0 fully saturated rings. The quantitative estimate of drug-likeness (QED) is 0.160. The summed E-state index contributed by atoms with van der Waals surface area (Å²) >= 11 is 0. The van der Waals surface area contributed by atoms with Gasteiger partial charge >= 0.3 is 0 Å². The molecule has 2 heterocycles. The Balaban J connectivity index is 1.11. The molecule has 0 aliphatic heterocycles. The summed E-state index contributed by atoms with van der Waals surface area (Å²) in [4.78, 5) is 15.2. The Bertz CT molecular complexity index is 3330. The Labute approximate surface area is 336 Å². The molecular formula is C55H35N3. The zero-order valence-electron chi connectivity index (χ0n) is 31.5. The van der Waals surface area contributed by atoms with E-state index in [1.807, 2.05) is 30.5 Å². The molecule has 0 bridgehead atoms. The lowest BCUT2D eigenvalue weighted by Crippen LogP contribution is -1.97. The molecule has 3 heteroatoms. The SMILES string of the molecule is c1ccc(-c2cc(-c3ccccc3-c3ccccn3)nc(-c3cccc(-c4cc5c6ccccc6c(-c6cccc7ccccc67)cc5c5ccccc45)c3)n2)cc1. The monoisotopic (exact) mass is 737 g/mol. The Morgan fingerprint density at radius 1 is 0.259 bits per heavy atom. The van der Waals surface area contributed by atoms with E-state index in [-0.39, 0.29) is 0 Å². The summed E-state index contributed by atoms with van der Waals surface area (Å²) < 4.78 is 0. The molecule has 0 saturated carbocycles. The second-order valence-electron chi connectivity index (χ2n) is 14.7. The van der Waals surface area contributed by atoms with Crippen LogP contribution < -0.4 is 0 Å². The molecule has 0 aliphatic rings. The molecule has 9 aromatic carbocycles. The molecule has 0 saturated heterocycles. The van der Waals surface area contributed by atoms with Crippen LogP contribution in [0.3, 0.4) is 0 Å². The van der Waals surface area contributed by atoms with Crippen molar-refractivity contribution in [3.8, 4) is 67.4 Å². The highest BCUT2D eigenvalue weighted by Crippen LogP contribution is 2.43. The summed E-state index contributed by atoms with van der Waals surface area (Å²) in [5.41, 5.74) is 11.4. The third-order valence-electron chi connectivity index (χ3n) is 11.3. The molecule has 0 spiro atoms. The van der Waals surface area contributed by atoms with Crippen molar-refractivity contribution in [1.29, 1.82) is 0 Å². The predicted octanol–water partition coefficient (Wildman–Crippen LogP) is 14.5. The first-order valence-electron chi connectivity index (χ1n) is 19.7. The van der Waals surface area contributed by atoms with Gasteiger partial charge in [-0.1, -0.05) is 170 Å². The van der Waals surface area contributed by atoms with Gasteiger partial charge in [-0.25, -0.2) is 9.97 Å². The largest absolute Gasteiger partial charge is 0.256 e.